The van der Waals surface area contributed by atoms with Gasteiger partial charge >= 0.3 is 17.1 Å². The first-order valence-corrected chi connectivity index (χ1v) is 10.1. The van der Waals surface area contributed by atoms with Crippen LogP contribution in [-0.4, -0.2) is 22.4 Å². The number of allylic oxidation sites excluding steroid dienone is 2. The minimum Gasteiger partial charge on any atom is -0.549 e. The number of rotatable bonds is 2. The average Bonchev–Trinajstić information content (AvgIpc) is 2.86. The molecule has 2 unspecified atom stereocenters. The Morgan fingerprint density at radius 1 is 0.810 bits per heavy atom. The van der Waals surface area contributed by atoms with E-state index in [-0.39, 0.29) is 17.1 Å². The van der Waals surface area contributed by atoms with Gasteiger partial charge in [0, 0.05) is 0 Å². The van der Waals surface area contributed by atoms with Crippen LogP contribution in [0.25, 0.3) is 0 Å². The Bertz CT molecular complexity index is 446. The van der Waals surface area contributed by atoms with Gasteiger partial charge < -0.3 is 19.8 Å². The molecule has 4 nitrogen and oxygen atoms in total. The zero-order valence-corrected chi connectivity index (χ0v) is 15.9. The van der Waals surface area contributed by atoms with Crippen LogP contribution < -0.4 is 10.2 Å². The quantitative estimate of drug-likeness (QED) is 0.498. The van der Waals surface area contributed by atoms with Gasteiger partial charge in [0.1, 0.15) is 0 Å². The monoisotopic (exact) mass is 413 g/mol. The Labute approximate surface area is 150 Å². The van der Waals surface area contributed by atoms with Gasteiger partial charge in [0.25, 0.3) is 0 Å². The molecule has 2 aliphatic rings. The number of aliphatic carboxylic acids is 2. The fourth-order valence-electron chi connectivity index (χ4n) is 1.32. The minimum atomic E-state index is -0.980. The van der Waals surface area contributed by atoms with E-state index in [1.54, 1.807) is 0 Å². The summed E-state index contributed by atoms with van der Waals surface area (Å²) in [6.45, 7) is 7.53. The van der Waals surface area contributed by atoms with Crippen LogP contribution in [0.15, 0.2) is 21.0 Å². The summed E-state index contributed by atoms with van der Waals surface area (Å²) in [5, 5.41) is 19.9. The molecule has 9 heteroatoms. The SMILES string of the molecule is CC1=C(C)C(C(=O)[O-])SS1.CC1=C(C)C(C(=O)[O-])SS1.[Cu+2]. The largest absolute Gasteiger partial charge is 2.00 e. The summed E-state index contributed by atoms with van der Waals surface area (Å²) in [4.78, 5) is 22.9. The molecule has 21 heavy (non-hydrogen) atoms. The normalized spacial score (nSPS) is 24.4. The van der Waals surface area contributed by atoms with Crippen LogP contribution in [0.4, 0.5) is 0 Å². The Balaban J connectivity index is 0.000000364. The third kappa shape index (κ3) is 5.80. The fraction of sp³-hybridized carbons (Fsp3) is 0.500. The number of carbonyl (C=O) groups is 2. The second-order valence-electron chi connectivity index (χ2n) is 4.24. The maximum Gasteiger partial charge on any atom is 2.00 e. The van der Waals surface area contributed by atoms with Crippen molar-refractivity contribution >= 4 is 55.1 Å². The maximum absolute atomic E-state index is 10.4. The van der Waals surface area contributed by atoms with Crippen molar-refractivity contribution in [1.82, 2.24) is 0 Å². The first-order chi connectivity index (χ1) is 9.25. The topological polar surface area (TPSA) is 80.3 Å². The van der Waals surface area contributed by atoms with Gasteiger partial charge in [-0.25, -0.2) is 0 Å². The summed E-state index contributed by atoms with van der Waals surface area (Å²) in [5.74, 6) is -1.96. The van der Waals surface area contributed by atoms with Gasteiger partial charge in [-0.2, -0.15) is 0 Å². The van der Waals surface area contributed by atoms with Gasteiger partial charge in [0.05, 0.1) is 22.4 Å². The number of carboxylic acid groups (broad SMARTS) is 2. The van der Waals surface area contributed by atoms with Gasteiger partial charge in [-0.15, -0.1) is 0 Å². The summed E-state index contributed by atoms with van der Waals surface area (Å²) in [6, 6.07) is 0. The fourth-order valence-corrected chi connectivity index (χ4v) is 6.82. The number of hydrogen-bond acceptors (Lipinski definition) is 8. The van der Waals surface area contributed by atoms with E-state index >= 15 is 0 Å². The van der Waals surface area contributed by atoms with Crippen LogP contribution in [0.2, 0.25) is 0 Å². The second-order valence-corrected chi connectivity index (χ2v) is 9.28. The molecule has 0 aliphatic carbocycles. The van der Waals surface area contributed by atoms with E-state index in [4.69, 9.17) is 0 Å². The van der Waals surface area contributed by atoms with Gasteiger partial charge in [-0.3, -0.25) is 0 Å². The van der Waals surface area contributed by atoms with Gasteiger partial charge in [0.15, 0.2) is 0 Å². The standard InChI is InChI=1S/2C6H8O2S2.Cu/c2*1-3-4(2)9-10-5(3)6(7)8;/h2*5H,1-2H3,(H,7,8);/q;;+2/p-2. The molecular formula is C12H14CuO4S4. The molecule has 0 saturated heterocycles. The van der Waals surface area contributed by atoms with Gasteiger partial charge in [-0.1, -0.05) is 43.2 Å². The summed E-state index contributed by atoms with van der Waals surface area (Å²) in [7, 11) is 5.73. The molecule has 2 rings (SSSR count). The van der Waals surface area contributed by atoms with E-state index < -0.39 is 22.4 Å². The van der Waals surface area contributed by atoms with E-state index in [1.165, 1.54) is 43.2 Å². The minimum absolute atomic E-state index is 0. The van der Waals surface area contributed by atoms with Crippen molar-refractivity contribution in [3.8, 4) is 0 Å². The molecule has 0 aromatic rings. The molecule has 2 atom stereocenters. The zero-order chi connectivity index (χ0) is 15.4. The number of hydrogen-bond donors (Lipinski definition) is 0. The predicted molar refractivity (Wildman–Crippen MR) is 84.7 cm³/mol. The Morgan fingerprint density at radius 3 is 1.19 bits per heavy atom. The molecule has 2 heterocycles. The van der Waals surface area contributed by atoms with Crippen LogP contribution in [0.3, 0.4) is 0 Å². The van der Waals surface area contributed by atoms with Gasteiger partial charge in [-0.05, 0) is 48.7 Å². The van der Waals surface area contributed by atoms with Crippen molar-refractivity contribution in [1.29, 1.82) is 0 Å². The first-order valence-electron chi connectivity index (χ1n) is 5.68. The van der Waals surface area contributed by atoms with Gasteiger partial charge in [0.2, 0.25) is 0 Å². The average molecular weight is 414 g/mol. The van der Waals surface area contributed by atoms with Crippen molar-refractivity contribution in [2.24, 2.45) is 0 Å². The van der Waals surface area contributed by atoms with E-state index in [2.05, 4.69) is 0 Å². The molecule has 0 bridgehead atoms. The molecule has 0 saturated carbocycles. The van der Waals surface area contributed by atoms with Crippen molar-refractivity contribution < 1.29 is 36.9 Å². The Kier molecular flexibility index (Phi) is 9.63. The van der Waals surface area contributed by atoms with Crippen molar-refractivity contribution in [2.75, 3.05) is 0 Å². The molecule has 0 aromatic carbocycles. The van der Waals surface area contributed by atoms with Crippen molar-refractivity contribution in [3.63, 3.8) is 0 Å². The van der Waals surface area contributed by atoms with Crippen LogP contribution in [-0.2, 0) is 26.7 Å². The summed E-state index contributed by atoms with van der Waals surface area (Å²) in [6.07, 6.45) is 0. The molecule has 0 spiro atoms. The van der Waals surface area contributed by atoms with Crippen LogP contribution in [0.5, 0.6) is 0 Å². The van der Waals surface area contributed by atoms with E-state index in [0.717, 1.165) is 21.0 Å². The molecular weight excluding hydrogens is 400 g/mol. The third-order valence-corrected chi connectivity index (χ3v) is 8.91. The summed E-state index contributed by atoms with van der Waals surface area (Å²) < 4.78 is 0. The molecule has 1 radical (unpaired) electrons. The molecule has 0 amide bonds. The van der Waals surface area contributed by atoms with Crippen molar-refractivity contribution in [3.05, 3.63) is 21.0 Å². The first kappa shape index (κ1) is 21.3. The second kappa shape index (κ2) is 9.47. The smallest absolute Gasteiger partial charge is 0.549 e. The van der Waals surface area contributed by atoms with E-state index in [1.807, 2.05) is 27.7 Å². The molecule has 121 valence electrons. The summed E-state index contributed by atoms with van der Waals surface area (Å²) in [5.41, 5.74) is 1.85. The molecule has 2 aliphatic heterocycles. The van der Waals surface area contributed by atoms with Crippen LogP contribution >= 0.6 is 43.2 Å². The molecule has 0 aromatic heterocycles. The Hall–Kier alpha value is 0.339. The van der Waals surface area contributed by atoms with Crippen molar-refractivity contribution in [2.45, 2.75) is 38.2 Å². The third-order valence-electron chi connectivity index (χ3n) is 2.86. The van der Waals surface area contributed by atoms with Crippen LogP contribution in [0.1, 0.15) is 27.7 Å². The zero-order valence-electron chi connectivity index (χ0n) is 11.7. The summed E-state index contributed by atoms with van der Waals surface area (Å²) >= 11 is 0. The predicted octanol–water partition coefficient (Wildman–Crippen LogP) is 1.59. The van der Waals surface area contributed by atoms with E-state index in [0.29, 0.717) is 0 Å². The Morgan fingerprint density at radius 2 is 1.10 bits per heavy atom. The number of carbonyl (C=O) groups excluding carboxylic acids is 2. The maximum atomic E-state index is 10.4. The number of carboxylic acids is 2. The van der Waals surface area contributed by atoms with E-state index in [9.17, 15) is 19.8 Å². The molecule has 0 fully saturated rings. The molecule has 0 N–H and O–H groups in total. The van der Waals surface area contributed by atoms with Crippen LogP contribution in [0, 0.1) is 0 Å².